The van der Waals surface area contributed by atoms with Gasteiger partial charge in [-0.05, 0) is 25.5 Å². The largest absolute Gasteiger partial charge is 0.351 e. The number of nitrogens with zero attached hydrogens (tertiary/aromatic N) is 3. The van der Waals surface area contributed by atoms with Crippen molar-refractivity contribution in [2.24, 2.45) is 11.8 Å². The van der Waals surface area contributed by atoms with Gasteiger partial charge in [0.05, 0.1) is 17.3 Å². The number of aromatic nitrogens is 4. The summed E-state index contributed by atoms with van der Waals surface area (Å²) in [6.07, 6.45) is -0.122. The van der Waals surface area contributed by atoms with Gasteiger partial charge in [0.15, 0.2) is 17.4 Å². The van der Waals surface area contributed by atoms with Gasteiger partial charge in [-0.1, -0.05) is 45.4 Å². The number of fused-ring (bicyclic) bond motifs is 1. The van der Waals surface area contributed by atoms with Crippen molar-refractivity contribution in [2.45, 2.75) is 64.4 Å². The van der Waals surface area contributed by atoms with Gasteiger partial charge < -0.3 is 4.74 Å². The van der Waals surface area contributed by atoms with Crippen molar-refractivity contribution in [3.63, 3.8) is 0 Å². The van der Waals surface area contributed by atoms with Crippen LogP contribution in [-0.4, -0.2) is 46.1 Å². The van der Waals surface area contributed by atoms with Gasteiger partial charge in [0.1, 0.15) is 6.10 Å². The fourth-order valence-corrected chi connectivity index (χ4v) is 5.16. The third-order valence-electron chi connectivity index (χ3n) is 6.12. The van der Waals surface area contributed by atoms with Crippen LogP contribution in [0.2, 0.25) is 0 Å². The fraction of sp³-hybridized carbons (Fsp3) is 0.478. The Morgan fingerprint density at radius 3 is 2.60 bits per heavy atom. The molecule has 12 heteroatoms. The predicted molar refractivity (Wildman–Crippen MR) is 128 cm³/mol. The van der Waals surface area contributed by atoms with E-state index in [4.69, 9.17) is 8.92 Å². The lowest BCUT2D eigenvalue weighted by atomic mass is 9.99. The maximum atomic E-state index is 13.1. The van der Waals surface area contributed by atoms with Gasteiger partial charge in [-0.2, -0.15) is 13.4 Å². The first-order valence-corrected chi connectivity index (χ1v) is 12.9. The minimum atomic E-state index is -4.10. The highest BCUT2D eigenvalue weighted by Gasteiger charge is 2.46. The molecule has 4 rings (SSSR count). The number of anilines is 1. The number of carbonyl (C=O) groups is 1. The maximum absolute atomic E-state index is 13.1. The standard InChI is InChI=1S/C23H29N5O6S/c1-6-16-14(5)18(34-35(31,32)15-9-7-13(4)8-10-15)22(33-16)28-11-24-17-19(28)25-23(27-21(17)30)26-20(29)12(2)3/h7-12,14,16,18,22H,6H2,1-5H3,(H2,25,26,27,29,30)/t14-,16-,18-,22-/m1/s1. The van der Waals surface area contributed by atoms with E-state index in [1.165, 1.54) is 23.0 Å². The molecule has 1 fully saturated rings. The summed E-state index contributed by atoms with van der Waals surface area (Å²) in [5.41, 5.74) is 0.551. The third kappa shape index (κ3) is 4.86. The first kappa shape index (κ1) is 25.0. The molecule has 188 valence electrons. The molecule has 2 N–H and O–H groups in total. The number of H-pyrrole nitrogens is 1. The molecule has 0 bridgehead atoms. The fourth-order valence-electron chi connectivity index (χ4n) is 4.02. The Hall–Kier alpha value is -3.09. The Morgan fingerprint density at radius 2 is 1.97 bits per heavy atom. The van der Waals surface area contributed by atoms with Crippen molar-refractivity contribution in [1.82, 2.24) is 19.5 Å². The number of nitrogens with one attached hydrogen (secondary N) is 2. The average Bonchev–Trinajstić information content (AvgIpc) is 3.35. The molecule has 35 heavy (non-hydrogen) atoms. The molecule has 1 saturated heterocycles. The Morgan fingerprint density at radius 1 is 1.29 bits per heavy atom. The van der Waals surface area contributed by atoms with Crippen LogP contribution in [0.25, 0.3) is 11.2 Å². The van der Waals surface area contributed by atoms with Crippen LogP contribution in [0.5, 0.6) is 0 Å². The van der Waals surface area contributed by atoms with E-state index in [1.54, 1.807) is 26.0 Å². The van der Waals surface area contributed by atoms with Crippen LogP contribution < -0.4 is 10.9 Å². The zero-order chi connectivity index (χ0) is 25.5. The SMILES string of the molecule is CC[C@H]1O[C@@H](n2cnc3c(=O)[nH]c(NC(=O)C(C)C)nc32)[C@H](OS(=O)(=O)c2ccc(C)cc2)[C@@H]1C. The molecule has 3 heterocycles. The van der Waals surface area contributed by atoms with Crippen LogP contribution in [0.3, 0.4) is 0 Å². The van der Waals surface area contributed by atoms with Crippen LogP contribution in [-0.2, 0) is 23.8 Å². The summed E-state index contributed by atoms with van der Waals surface area (Å²) in [7, 11) is -4.10. The normalized spacial score (nSPS) is 22.7. The number of ether oxygens (including phenoxy) is 1. The number of aromatic amines is 1. The van der Waals surface area contributed by atoms with Crippen molar-refractivity contribution in [3.05, 3.63) is 46.5 Å². The number of rotatable bonds is 7. The molecule has 1 aromatic carbocycles. The summed E-state index contributed by atoms with van der Waals surface area (Å²) in [6.45, 7) is 9.08. The molecule has 4 atom stereocenters. The molecule has 11 nitrogen and oxygen atoms in total. The van der Waals surface area contributed by atoms with Gasteiger partial charge in [-0.25, -0.2) is 4.98 Å². The topological polar surface area (TPSA) is 145 Å². The number of aryl methyl sites for hydroxylation is 1. The van der Waals surface area contributed by atoms with Crippen LogP contribution in [0.1, 0.15) is 45.9 Å². The number of imidazole rings is 1. The van der Waals surface area contributed by atoms with Crippen LogP contribution in [0.15, 0.2) is 40.3 Å². The Balaban J connectivity index is 1.74. The molecule has 1 aliphatic heterocycles. The van der Waals surface area contributed by atoms with E-state index in [2.05, 4.69) is 20.3 Å². The van der Waals surface area contributed by atoms with E-state index < -0.39 is 28.0 Å². The van der Waals surface area contributed by atoms with Crippen molar-refractivity contribution >= 4 is 33.1 Å². The molecule has 0 unspecified atom stereocenters. The summed E-state index contributed by atoms with van der Waals surface area (Å²) in [5.74, 6) is -0.966. The summed E-state index contributed by atoms with van der Waals surface area (Å²) in [5, 5.41) is 2.57. The lowest BCUT2D eigenvalue weighted by Gasteiger charge is -2.22. The smallest absolute Gasteiger partial charge is 0.297 e. The molecule has 0 saturated carbocycles. The van der Waals surface area contributed by atoms with Gasteiger partial charge >= 0.3 is 0 Å². The van der Waals surface area contributed by atoms with Crippen molar-refractivity contribution in [3.8, 4) is 0 Å². The quantitative estimate of drug-likeness (QED) is 0.468. The van der Waals surface area contributed by atoms with E-state index in [0.29, 0.717) is 6.42 Å². The minimum Gasteiger partial charge on any atom is -0.351 e. The number of amides is 1. The van der Waals surface area contributed by atoms with Gasteiger partial charge in [0.25, 0.3) is 15.7 Å². The second kappa shape index (κ2) is 9.51. The van der Waals surface area contributed by atoms with E-state index in [0.717, 1.165) is 5.56 Å². The zero-order valence-electron chi connectivity index (χ0n) is 20.2. The second-order valence-corrected chi connectivity index (χ2v) is 10.6. The average molecular weight is 504 g/mol. The van der Waals surface area contributed by atoms with E-state index in [9.17, 15) is 18.0 Å². The first-order valence-electron chi connectivity index (χ1n) is 11.4. The summed E-state index contributed by atoms with van der Waals surface area (Å²) >= 11 is 0. The molecule has 2 aromatic heterocycles. The second-order valence-electron chi connectivity index (χ2n) is 9.04. The molecular formula is C23H29N5O6S. The zero-order valence-corrected chi connectivity index (χ0v) is 21.0. The van der Waals surface area contributed by atoms with Crippen molar-refractivity contribution in [2.75, 3.05) is 5.32 Å². The van der Waals surface area contributed by atoms with E-state index >= 15 is 0 Å². The lowest BCUT2D eigenvalue weighted by Crippen LogP contribution is -2.30. The predicted octanol–water partition coefficient (Wildman–Crippen LogP) is 2.74. The minimum absolute atomic E-state index is 0.0314. The Kier molecular flexibility index (Phi) is 6.80. The molecule has 0 aliphatic carbocycles. The highest BCUT2D eigenvalue weighted by atomic mass is 32.2. The van der Waals surface area contributed by atoms with Crippen molar-refractivity contribution in [1.29, 1.82) is 0 Å². The van der Waals surface area contributed by atoms with Crippen LogP contribution >= 0.6 is 0 Å². The molecule has 3 aromatic rings. The van der Waals surface area contributed by atoms with E-state index in [1.807, 2.05) is 20.8 Å². The molecular weight excluding hydrogens is 474 g/mol. The molecule has 0 spiro atoms. The Labute approximate surface area is 203 Å². The van der Waals surface area contributed by atoms with Crippen LogP contribution in [0.4, 0.5) is 5.95 Å². The highest BCUT2D eigenvalue weighted by molar-refractivity contribution is 7.86. The van der Waals surface area contributed by atoms with Crippen molar-refractivity contribution < 1.29 is 22.1 Å². The number of carbonyl (C=O) groups excluding carboxylic acids is 1. The molecule has 1 amide bonds. The summed E-state index contributed by atoms with van der Waals surface area (Å²) in [4.78, 5) is 35.8. The third-order valence-corrected chi connectivity index (χ3v) is 7.45. The number of hydrogen-bond acceptors (Lipinski definition) is 8. The number of hydrogen-bond donors (Lipinski definition) is 2. The monoisotopic (exact) mass is 503 g/mol. The van der Waals surface area contributed by atoms with E-state index in [-0.39, 0.29) is 45.9 Å². The molecule has 0 radical (unpaired) electrons. The maximum Gasteiger partial charge on any atom is 0.297 e. The summed E-state index contributed by atoms with van der Waals surface area (Å²) in [6, 6.07) is 6.39. The van der Waals surface area contributed by atoms with Gasteiger partial charge in [0, 0.05) is 11.8 Å². The highest BCUT2D eigenvalue weighted by Crippen LogP contribution is 2.40. The molecule has 1 aliphatic rings. The number of benzene rings is 1. The first-order chi connectivity index (χ1) is 16.5. The van der Waals surface area contributed by atoms with Gasteiger partial charge in [0.2, 0.25) is 11.9 Å². The lowest BCUT2D eigenvalue weighted by molar-refractivity contribution is -0.118. The summed E-state index contributed by atoms with van der Waals surface area (Å²) < 4.78 is 39.6. The Bertz CT molecular complexity index is 1400. The van der Waals surface area contributed by atoms with Gasteiger partial charge in [-0.15, -0.1) is 0 Å². The van der Waals surface area contributed by atoms with Gasteiger partial charge in [-0.3, -0.25) is 28.6 Å². The van der Waals surface area contributed by atoms with Crippen LogP contribution in [0, 0.1) is 18.8 Å².